The van der Waals surface area contributed by atoms with Gasteiger partial charge in [0.25, 0.3) is 0 Å². The fourth-order valence-electron chi connectivity index (χ4n) is 1.53. The Morgan fingerprint density at radius 3 is 2.16 bits per heavy atom. The molecule has 0 aliphatic carbocycles. The highest BCUT2D eigenvalue weighted by molar-refractivity contribution is 5.49. The maximum absolute atomic E-state index is 9.03. The van der Waals surface area contributed by atoms with Gasteiger partial charge in [-0.15, -0.1) is 0 Å². The van der Waals surface area contributed by atoms with Crippen LogP contribution in [0.2, 0.25) is 0 Å². The van der Waals surface area contributed by atoms with Gasteiger partial charge in [-0.2, -0.15) is 10.5 Å². The molecular formula is C15H10N2O2. The van der Waals surface area contributed by atoms with E-state index >= 15 is 0 Å². The predicted molar refractivity (Wildman–Crippen MR) is 68.9 cm³/mol. The zero-order valence-corrected chi connectivity index (χ0v) is 10.3. The minimum absolute atomic E-state index is 0.421. The summed E-state index contributed by atoms with van der Waals surface area (Å²) in [4.78, 5) is 0. The standard InChI is InChI=1S/C15H10N2O2/c1-18-14-7-4-12(10-17)15(8-14)19-13-5-2-11(9-16)3-6-13/h2-8H,1H3. The summed E-state index contributed by atoms with van der Waals surface area (Å²) in [7, 11) is 1.55. The Labute approximate surface area is 111 Å². The number of nitrogens with zero attached hydrogens (tertiary/aromatic N) is 2. The van der Waals surface area contributed by atoms with Crippen molar-refractivity contribution in [1.29, 1.82) is 10.5 Å². The average Bonchev–Trinajstić information content (AvgIpc) is 2.48. The zero-order valence-electron chi connectivity index (χ0n) is 10.3. The Balaban J connectivity index is 2.31. The highest BCUT2D eigenvalue weighted by Crippen LogP contribution is 2.29. The van der Waals surface area contributed by atoms with Crippen molar-refractivity contribution in [2.45, 2.75) is 0 Å². The van der Waals surface area contributed by atoms with Crippen LogP contribution in [-0.2, 0) is 0 Å². The van der Waals surface area contributed by atoms with E-state index in [0.29, 0.717) is 28.4 Å². The third-order valence-corrected chi connectivity index (χ3v) is 2.52. The van der Waals surface area contributed by atoms with Crippen molar-refractivity contribution in [1.82, 2.24) is 0 Å². The fraction of sp³-hybridized carbons (Fsp3) is 0.0667. The second-order valence-corrected chi connectivity index (χ2v) is 3.71. The maximum Gasteiger partial charge on any atom is 0.148 e. The minimum Gasteiger partial charge on any atom is -0.497 e. The summed E-state index contributed by atoms with van der Waals surface area (Å²) in [6.07, 6.45) is 0. The van der Waals surface area contributed by atoms with Crippen molar-refractivity contribution in [2.24, 2.45) is 0 Å². The van der Waals surface area contributed by atoms with E-state index in [1.165, 1.54) is 0 Å². The first-order valence-electron chi connectivity index (χ1n) is 5.53. The topological polar surface area (TPSA) is 66.0 Å². The molecule has 2 aromatic carbocycles. The molecule has 92 valence electrons. The lowest BCUT2D eigenvalue weighted by Gasteiger charge is -2.09. The van der Waals surface area contributed by atoms with Crippen LogP contribution < -0.4 is 9.47 Å². The van der Waals surface area contributed by atoms with Crippen LogP contribution in [0.5, 0.6) is 17.2 Å². The maximum atomic E-state index is 9.03. The highest BCUT2D eigenvalue weighted by Gasteiger charge is 2.06. The van der Waals surface area contributed by atoms with Gasteiger partial charge >= 0.3 is 0 Å². The molecule has 0 unspecified atom stereocenters. The van der Waals surface area contributed by atoms with E-state index in [9.17, 15) is 0 Å². The molecule has 0 atom stereocenters. The van der Waals surface area contributed by atoms with Gasteiger partial charge in [0, 0.05) is 6.07 Å². The number of nitriles is 2. The van der Waals surface area contributed by atoms with Gasteiger partial charge in [-0.3, -0.25) is 0 Å². The van der Waals surface area contributed by atoms with Crippen molar-refractivity contribution in [3.63, 3.8) is 0 Å². The Hall–Kier alpha value is -2.98. The molecule has 0 spiro atoms. The largest absolute Gasteiger partial charge is 0.497 e. The molecule has 4 nitrogen and oxygen atoms in total. The van der Waals surface area contributed by atoms with Crippen LogP contribution in [0.25, 0.3) is 0 Å². The van der Waals surface area contributed by atoms with E-state index in [4.69, 9.17) is 20.0 Å². The molecule has 0 saturated carbocycles. The molecule has 0 saturated heterocycles. The van der Waals surface area contributed by atoms with E-state index in [0.717, 1.165) is 0 Å². The number of hydrogen-bond donors (Lipinski definition) is 0. The molecule has 4 heteroatoms. The molecular weight excluding hydrogens is 240 g/mol. The molecule has 0 aromatic heterocycles. The summed E-state index contributed by atoms with van der Waals surface area (Å²) < 4.78 is 10.7. The number of ether oxygens (including phenoxy) is 2. The van der Waals surface area contributed by atoms with Gasteiger partial charge < -0.3 is 9.47 Å². The second-order valence-electron chi connectivity index (χ2n) is 3.71. The summed E-state index contributed by atoms with van der Waals surface area (Å²) >= 11 is 0. The third-order valence-electron chi connectivity index (χ3n) is 2.52. The van der Waals surface area contributed by atoms with Crippen molar-refractivity contribution < 1.29 is 9.47 Å². The molecule has 0 bridgehead atoms. The lowest BCUT2D eigenvalue weighted by Crippen LogP contribution is -1.90. The van der Waals surface area contributed by atoms with Gasteiger partial charge in [0.2, 0.25) is 0 Å². The zero-order chi connectivity index (χ0) is 13.7. The normalized spacial score (nSPS) is 9.21. The first-order chi connectivity index (χ1) is 9.26. The second kappa shape index (κ2) is 5.57. The molecule has 2 aromatic rings. The van der Waals surface area contributed by atoms with E-state index in [-0.39, 0.29) is 0 Å². The smallest absolute Gasteiger partial charge is 0.148 e. The van der Waals surface area contributed by atoms with Gasteiger partial charge in [-0.25, -0.2) is 0 Å². The molecule has 0 N–H and O–H groups in total. The van der Waals surface area contributed by atoms with Gasteiger partial charge in [0.15, 0.2) is 0 Å². The lowest BCUT2D eigenvalue weighted by molar-refractivity contribution is 0.409. The van der Waals surface area contributed by atoms with Gasteiger partial charge in [-0.05, 0) is 36.4 Å². The lowest BCUT2D eigenvalue weighted by atomic mass is 10.2. The molecule has 0 radical (unpaired) electrons. The Morgan fingerprint density at radius 1 is 0.895 bits per heavy atom. The summed E-state index contributed by atoms with van der Waals surface area (Å²) in [5.74, 6) is 1.60. The SMILES string of the molecule is COc1ccc(C#N)c(Oc2ccc(C#N)cc2)c1. The quantitative estimate of drug-likeness (QED) is 0.838. The van der Waals surface area contributed by atoms with E-state index in [1.54, 1.807) is 49.6 Å². The van der Waals surface area contributed by atoms with Crippen LogP contribution in [0.4, 0.5) is 0 Å². The Morgan fingerprint density at radius 2 is 1.58 bits per heavy atom. The Bertz CT molecular complexity index is 664. The van der Waals surface area contributed by atoms with Crippen LogP contribution >= 0.6 is 0 Å². The van der Waals surface area contributed by atoms with Crippen LogP contribution in [0.1, 0.15) is 11.1 Å². The minimum atomic E-state index is 0.421. The molecule has 2 rings (SSSR count). The first kappa shape index (κ1) is 12.5. The van der Waals surface area contributed by atoms with Crippen molar-refractivity contribution >= 4 is 0 Å². The van der Waals surface area contributed by atoms with E-state index in [2.05, 4.69) is 6.07 Å². The van der Waals surface area contributed by atoms with Gasteiger partial charge in [0.05, 0.1) is 24.3 Å². The van der Waals surface area contributed by atoms with Crippen molar-refractivity contribution in [2.75, 3.05) is 7.11 Å². The van der Waals surface area contributed by atoms with E-state index < -0.39 is 0 Å². The molecule has 0 aliphatic rings. The third kappa shape index (κ3) is 2.83. The van der Waals surface area contributed by atoms with E-state index in [1.807, 2.05) is 6.07 Å². The van der Waals surface area contributed by atoms with Crippen molar-refractivity contribution in [3.8, 4) is 29.4 Å². The van der Waals surface area contributed by atoms with Crippen LogP contribution in [0, 0.1) is 22.7 Å². The summed E-state index contributed by atoms with van der Waals surface area (Å²) in [5, 5.41) is 17.7. The van der Waals surface area contributed by atoms with Gasteiger partial charge in [0.1, 0.15) is 23.3 Å². The van der Waals surface area contributed by atoms with Crippen LogP contribution in [0.15, 0.2) is 42.5 Å². The number of methoxy groups -OCH3 is 1. The summed E-state index contributed by atoms with van der Waals surface area (Å²) in [6, 6.07) is 15.7. The van der Waals surface area contributed by atoms with Gasteiger partial charge in [-0.1, -0.05) is 0 Å². The monoisotopic (exact) mass is 250 g/mol. The van der Waals surface area contributed by atoms with Crippen LogP contribution in [-0.4, -0.2) is 7.11 Å². The number of benzene rings is 2. The predicted octanol–water partition coefficient (Wildman–Crippen LogP) is 3.23. The Kier molecular flexibility index (Phi) is 3.66. The number of rotatable bonds is 3. The fourth-order valence-corrected chi connectivity index (χ4v) is 1.53. The number of hydrogen-bond acceptors (Lipinski definition) is 4. The van der Waals surface area contributed by atoms with Crippen LogP contribution in [0.3, 0.4) is 0 Å². The summed E-state index contributed by atoms with van der Waals surface area (Å²) in [5.41, 5.74) is 0.976. The molecule has 19 heavy (non-hydrogen) atoms. The average molecular weight is 250 g/mol. The summed E-state index contributed by atoms with van der Waals surface area (Å²) in [6.45, 7) is 0. The van der Waals surface area contributed by atoms with Crippen molar-refractivity contribution in [3.05, 3.63) is 53.6 Å². The molecule has 0 amide bonds. The molecule has 0 heterocycles. The molecule has 0 fully saturated rings. The molecule has 0 aliphatic heterocycles. The first-order valence-corrected chi connectivity index (χ1v) is 5.53. The highest BCUT2D eigenvalue weighted by atomic mass is 16.5.